The first kappa shape index (κ1) is 15.7. The van der Waals surface area contributed by atoms with Crippen molar-refractivity contribution in [2.24, 2.45) is 0 Å². The Bertz CT molecular complexity index is 988. The fourth-order valence-corrected chi connectivity index (χ4v) is 4.50. The molecule has 0 amide bonds. The van der Waals surface area contributed by atoms with E-state index in [1.807, 2.05) is 13.0 Å². The highest BCUT2D eigenvalue weighted by Crippen LogP contribution is 2.39. The van der Waals surface area contributed by atoms with E-state index in [1.54, 1.807) is 22.7 Å². The van der Waals surface area contributed by atoms with Crippen LogP contribution in [0.5, 0.6) is 0 Å². The highest BCUT2D eigenvalue weighted by atomic mass is 32.2. The predicted octanol–water partition coefficient (Wildman–Crippen LogP) is 1.89. The Kier molecular flexibility index (Phi) is 3.86. The maximum absolute atomic E-state index is 12.3. The third-order valence-corrected chi connectivity index (χ3v) is 6.35. The van der Waals surface area contributed by atoms with Crippen LogP contribution >= 0.6 is 11.3 Å². The summed E-state index contributed by atoms with van der Waals surface area (Å²) in [5, 5.41) is 13.7. The van der Waals surface area contributed by atoms with Gasteiger partial charge < -0.3 is 0 Å². The van der Waals surface area contributed by atoms with Crippen molar-refractivity contribution in [2.75, 3.05) is 6.54 Å². The first-order valence-corrected chi connectivity index (χ1v) is 10.1. The Morgan fingerprint density at radius 2 is 2.17 bits per heavy atom. The molecule has 1 aliphatic carbocycles. The molecule has 1 aliphatic rings. The first-order valence-electron chi connectivity index (χ1n) is 7.80. The van der Waals surface area contributed by atoms with Gasteiger partial charge in [-0.3, -0.25) is 0 Å². The second-order valence-corrected chi connectivity index (χ2v) is 8.79. The number of aryl methyl sites for hydroxylation is 1. The number of fused-ring (bicyclic) bond motifs is 1. The molecule has 0 saturated heterocycles. The van der Waals surface area contributed by atoms with Crippen molar-refractivity contribution >= 4 is 26.3 Å². The number of sulfonamides is 1. The SMILES string of the molecule is Cc1cccc(S(=O)(=O)NCCc2nn3c(C4CC4)nnc3s2)c1. The van der Waals surface area contributed by atoms with Gasteiger partial charge in [0, 0.05) is 18.9 Å². The molecule has 0 radical (unpaired) electrons. The zero-order valence-corrected chi connectivity index (χ0v) is 14.8. The highest BCUT2D eigenvalue weighted by molar-refractivity contribution is 7.89. The van der Waals surface area contributed by atoms with E-state index in [1.165, 1.54) is 11.3 Å². The molecule has 0 atom stereocenters. The third kappa shape index (κ3) is 3.06. The number of hydrogen-bond donors (Lipinski definition) is 1. The lowest BCUT2D eigenvalue weighted by atomic mass is 10.2. The molecule has 2 aromatic heterocycles. The summed E-state index contributed by atoms with van der Waals surface area (Å²) in [6.45, 7) is 2.18. The second-order valence-electron chi connectivity index (χ2n) is 5.99. The summed E-state index contributed by atoms with van der Waals surface area (Å²) in [7, 11) is -3.49. The van der Waals surface area contributed by atoms with Gasteiger partial charge in [-0.15, -0.1) is 10.2 Å². The Labute approximate surface area is 143 Å². The molecule has 1 aromatic carbocycles. The Hall–Kier alpha value is -1.84. The van der Waals surface area contributed by atoms with Crippen LogP contribution in [0.3, 0.4) is 0 Å². The number of rotatable bonds is 6. The lowest BCUT2D eigenvalue weighted by Gasteiger charge is -2.06. The lowest BCUT2D eigenvalue weighted by molar-refractivity contribution is 0.581. The standard InChI is InChI=1S/C15H17N5O2S2/c1-10-3-2-4-12(9-10)24(21,22)16-8-7-13-19-20-14(11-5-6-11)17-18-15(20)23-13/h2-4,9,11,16H,5-8H2,1H3. The largest absolute Gasteiger partial charge is 0.240 e. The summed E-state index contributed by atoms with van der Waals surface area (Å²) >= 11 is 1.46. The minimum Gasteiger partial charge on any atom is -0.211 e. The van der Waals surface area contributed by atoms with Crippen molar-refractivity contribution < 1.29 is 8.42 Å². The maximum atomic E-state index is 12.3. The minimum atomic E-state index is -3.49. The van der Waals surface area contributed by atoms with Gasteiger partial charge in [-0.1, -0.05) is 23.5 Å². The Morgan fingerprint density at radius 1 is 1.33 bits per heavy atom. The van der Waals surface area contributed by atoms with Crippen molar-refractivity contribution in [3.05, 3.63) is 40.7 Å². The van der Waals surface area contributed by atoms with Gasteiger partial charge in [-0.05, 0) is 37.5 Å². The van der Waals surface area contributed by atoms with Crippen LogP contribution in [0.1, 0.15) is 35.2 Å². The quantitative estimate of drug-likeness (QED) is 0.722. The summed E-state index contributed by atoms with van der Waals surface area (Å²) in [4.78, 5) is 1.06. The summed E-state index contributed by atoms with van der Waals surface area (Å²) < 4.78 is 29.0. The summed E-state index contributed by atoms with van der Waals surface area (Å²) in [6, 6.07) is 6.87. The third-order valence-electron chi connectivity index (χ3n) is 3.93. The van der Waals surface area contributed by atoms with Crippen LogP contribution in [0.4, 0.5) is 0 Å². The molecular formula is C15H17N5O2S2. The van der Waals surface area contributed by atoms with Gasteiger partial charge in [0.25, 0.3) is 0 Å². The second kappa shape index (κ2) is 5.91. The van der Waals surface area contributed by atoms with Crippen LogP contribution < -0.4 is 4.72 Å². The molecule has 7 nitrogen and oxygen atoms in total. The molecule has 2 heterocycles. The molecule has 1 N–H and O–H groups in total. The molecule has 0 unspecified atom stereocenters. The Balaban J connectivity index is 1.43. The minimum absolute atomic E-state index is 0.289. The average molecular weight is 363 g/mol. The van der Waals surface area contributed by atoms with Crippen molar-refractivity contribution in [3.63, 3.8) is 0 Å². The lowest BCUT2D eigenvalue weighted by Crippen LogP contribution is -2.26. The van der Waals surface area contributed by atoms with E-state index in [4.69, 9.17) is 0 Å². The molecule has 126 valence electrons. The molecule has 0 spiro atoms. The van der Waals surface area contributed by atoms with Gasteiger partial charge in [-0.25, -0.2) is 13.1 Å². The molecule has 4 rings (SSSR count). The highest BCUT2D eigenvalue weighted by Gasteiger charge is 2.30. The number of nitrogens with one attached hydrogen (secondary N) is 1. The van der Waals surface area contributed by atoms with Crippen molar-refractivity contribution in [1.29, 1.82) is 0 Å². The van der Waals surface area contributed by atoms with Gasteiger partial charge in [0.15, 0.2) is 5.82 Å². The molecule has 3 aromatic rings. The van der Waals surface area contributed by atoms with E-state index in [9.17, 15) is 8.42 Å². The van der Waals surface area contributed by atoms with Gasteiger partial charge >= 0.3 is 0 Å². The number of hydrogen-bond acceptors (Lipinski definition) is 6. The van der Waals surface area contributed by atoms with Crippen molar-refractivity contribution in [2.45, 2.75) is 37.0 Å². The van der Waals surface area contributed by atoms with E-state index in [0.717, 1.165) is 34.2 Å². The molecule has 1 fully saturated rings. The van der Waals surface area contributed by atoms with Gasteiger partial charge in [0.1, 0.15) is 5.01 Å². The van der Waals surface area contributed by atoms with Gasteiger partial charge in [0.05, 0.1) is 4.90 Å². The number of benzene rings is 1. The van der Waals surface area contributed by atoms with Crippen LogP contribution in [0.2, 0.25) is 0 Å². The zero-order valence-electron chi connectivity index (χ0n) is 13.1. The topological polar surface area (TPSA) is 89.2 Å². The number of nitrogens with zero attached hydrogens (tertiary/aromatic N) is 4. The van der Waals surface area contributed by atoms with E-state index >= 15 is 0 Å². The Morgan fingerprint density at radius 3 is 2.92 bits per heavy atom. The average Bonchev–Trinajstić information content (AvgIpc) is 3.18. The van der Waals surface area contributed by atoms with Crippen LogP contribution in [-0.2, 0) is 16.4 Å². The molecular weight excluding hydrogens is 346 g/mol. The first-order chi connectivity index (χ1) is 11.5. The molecule has 0 aliphatic heterocycles. The molecule has 0 bridgehead atoms. The zero-order chi connectivity index (χ0) is 16.7. The normalized spacial score (nSPS) is 15.2. The molecule has 1 saturated carbocycles. The van der Waals surface area contributed by atoms with E-state index in [0.29, 0.717) is 18.9 Å². The smallest absolute Gasteiger partial charge is 0.211 e. The fourth-order valence-electron chi connectivity index (χ4n) is 2.53. The van der Waals surface area contributed by atoms with E-state index in [2.05, 4.69) is 20.0 Å². The molecule has 9 heteroatoms. The van der Waals surface area contributed by atoms with Gasteiger partial charge in [-0.2, -0.15) is 9.61 Å². The van der Waals surface area contributed by atoms with Gasteiger partial charge in [0.2, 0.25) is 15.0 Å². The van der Waals surface area contributed by atoms with Crippen molar-refractivity contribution in [3.8, 4) is 0 Å². The van der Waals surface area contributed by atoms with Crippen LogP contribution in [0, 0.1) is 6.92 Å². The number of aromatic nitrogens is 4. The van der Waals surface area contributed by atoms with Crippen LogP contribution in [0.15, 0.2) is 29.2 Å². The predicted molar refractivity (Wildman–Crippen MR) is 90.7 cm³/mol. The monoisotopic (exact) mass is 363 g/mol. The summed E-state index contributed by atoms with van der Waals surface area (Å²) in [6.07, 6.45) is 2.82. The van der Waals surface area contributed by atoms with Crippen LogP contribution in [-0.4, -0.2) is 34.8 Å². The van der Waals surface area contributed by atoms with Crippen LogP contribution in [0.25, 0.3) is 4.96 Å². The van der Waals surface area contributed by atoms with Crippen molar-refractivity contribution in [1.82, 2.24) is 24.5 Å². The van der Waals surface area contributed by atoms with E-state index < -0.39 is 10.0 Å². The molecule has 24 heavy (non-hydrogen) atoms. The maximum Gasteiger partial charge on any atom is 0.240 e. The summed E-state index contributed by atoms with van der Waals surface area (Å²) in [5.74, 6) is 1.41. The summed E-state index contributed by atoms with van der Waals surface area (Å²) in [5.41, 5.74) is 0.916. The van der Waals surface area contributed by atoms with E-state index in [-0.39, 0.29) is 4.90 Å². The fraction of sp³-hybridized carbons (Fsp3) is 0.400.